The van der Waals surface area contributed by atoms with E-state index in [9.17, 15) is 4.21 Å². The fourth-order valence-electron chi connectivity index (χ4n) is 2.51. The van der Waals surface area contributed by atoms with Crippen molar-refractivity contribution in [1.29, 1.82) is 0 Å². The van der Waals surface area contributed by atoms with Gasteiger partial charge in [0, 0.05) is 10.9 Å². The highest BCUT2D eigenvalue weighted by Crippen LogP contribution is 2.25. The summed E-state index contributed by atoms with van der Waals surface area (Å²) < 4.78 is 12.9. The Balaban J connectivity index is 2.26. The third-order valence-corrected chi connectivity index (χ3v) is 5.65. The first-order valence-electron chi connectivity index (χ1n) is 7.24. The Morgan fingerprint density at radius 2 is 1.67 bits per heavy atom. The van der Waals surface area contributed by atoms with Gasteiger partial charge < -0.3 is 5.32 Å². The molecule has 0 saturated heterocycles. The van der Waals surface area contributed by atoms with E-state index in [0.29, 0.717) is 0 Å². The summed E-state index contributed by atoms with van der Waals surface area (Å²) >= 11 is 0. The summed E-state index contributed by atoms with van der Waals surface area (Å²) in [6.45, 7) is 6.18. The van der Waals surface area contributed by atoms with Gasteiger partial charge >= 0.3 is 0 Å². The lowest BCUT2D eigenvalue weighted by Crippen LogP contribution is -2.30. The van der Waals surface area contributed by atoms with E-state index in [1.165, 1.54) is 16.7 Å². The van der Waals surface area contributed by atoms with E-state index in [1.807, 2.05) is 50.4 Å². The Kier molecular flexibility index (Phi) is 5.32. The van der Waals surface area contributed by atoms with Gasteiger partial charge in [-0.3, -0.25) is 4.21 Å². The summed E-state index contributed by atoms with van der Waals surface area (Å²) in [5.74, 6) is 0. The first-order valence-corrected chi connectivity index (χ1v) is 8.46. The molecule has 0 amide bonds. The number of nitrogens with one attached hydrogen (secondary N) is 1. The molecule has 0 bridgehead atoms. The van der Waals surface area contributed by atoms with Crippen LogP contribution in [0.1, 0.15) is 29.7 Å². The molecule has 1 N–H and O–H groups in total. The first kappa shape index (κ1) is 15.9. The Morgan fingerprint density at radius 3 is 2.24 bits per heavy atom. The minimum Gasteiger partial charge on any atom is -0.312 e. The fraction of sp³-hybridized carbons (Fsp3) is 0.333. The third-order valence-electron chi connectivity index (χ3n) is 3.99. The van der Waals surface area contributed by atoms with Crippen LogP contribution in [0.2, 0.25) is 0 Å². The van der Waals surface area contributed by atoms with E-state index in [0.717, 1.165) is 4.90 Å². The fourth-order valence-corrected chi connectivity index (χ4v) is 3.97. The third kappa shape index (κ3) is 3.60. The number of hydrogen-bond acceptors (Lipinski definition) is 2. The number of benzene rings is 2. The highest BCUT2D eigenvalue weighted by molar-refractivity contribution is 7.85. The van der Waals surface area contributed by atoms with Crippen molar-refractivity contribution in [1.82, 2.24) is 5.32 Å². The zero-order valence-corrected chi connectivity index (χ0v) is 13.9. The second kappa shape index (κ2) is 7.01. The molecular weight excluding hydrogens is 278 g/mol. The summed E-state index contributed by atoms with van der Waals surface area (Å²) in [5.41, 5.74) is 3.59. The lowest BCUT2D eigenvalue weighted by atomic mass is 10.0. The van der Waals surface area contributed by atoms with Gasteiger partial charge in [0.2, 0.25) is 0 Å². The van der Waals surface area contributed by atoms with Gasteiger partial charge in [-0.25, -0.2) is 0 Å². The van der Waals surface area contributed by atoms with Crippen molar-refractivity contribution in [3.8, 4) is 0 Å². The molecule has 0 radical (unpaired) electrons. The molecule has 3 unspecified atom stereocenters. The van der Waals surface area contributed by atoms with Gasteiger partial charge in [-0.05, 0) is 56.6 Å². The molecule has 0 aromatic heterocycles. The zero-order chi connectivity index (χ0) is 15.4. The highest BCUT2D eigenvalue weighted by Gasteiger charge is 2.24. The van der Waals surface area contributed by atoms with E-state index in [2.05, 4.69) is 31.3 Å². The van der Waals surface area contributed by atoms with Crippen LogP contribution in [0.25, 0.3) is 0 Å². The Bertz CT molecular complexity index is 624. The lowest BCUT2D eigenvalue weighted by Gasteiger charge is -2.24. The Hall–Kier alpha value is -1.45. The maximum atomic E-state index is 12.9. The number of aryl methyl sites for hydroxylation is 2. The Labute approximate surface area is 130 Å². The molecule has 0 aliphatic rings. The van der Waals surface area contributed by atoms with Gasteiger partial charge in [0.05, 0.1) is 16.0 Å². The molecule has 0 fully saturated rings. The predicted molar refractivity (Wildman–Crippen MR) is 90.0 cm³/mol. The van der Waals surface area contributed by atoms with Crippen LogP contribution in [0.4, 0.5) is 0 Å². The normalized spacial score (nSPS) is 15.4. The van der Waals surface area contributed by atoms with E-state index in [4.69, 9.17) is 0 Å². The van der Waals surface area contributed by atoms with E-state index < -0.39 is 10.8 Å². The molecule has 0 aliphatic carbocycles. The number of hydrogen-bond donors (Lipinski definition) is 1. The Morgan fingerprint density at radius 1 is 1.00 bits per heavy atom. The van der Waals surface area contributed by atoms with Crippen molar-refractivity contribution in [3.63, 3.8) is 0 Å². The first-order chi connectivity index (χ1) is 10.0. The average Bonchev–Trinajstić information content (AvgIpc) is 2.51. The topological polar surface area (TPSA) is 29.1 Å². The summed E-state index contributed by atoms with van der Waals surface area (Å²) in [6.07, 6.45) is 0. The second-order valence-electron chi connectivity index (χ2n) is 5.43. The van der Waals surface area contributed by atoms with Crippen molar-refractivity contribution >= 4 is 10.8 Å². The van der Waals surface area contributed by atoms with Gasteiger partial charge in [0.1, 0.15) is 0 Å². The molecule has 3 atom stereocenters. The second-order valence-corrected chi connectivity index (χ2v) is 7.24. The molecule has 0 spiro atoms. The summed E-state index contributed by atoms with van der Waals surface area (Å²) in [7, 11) is 0.883. The van der Waals surface area contributed by atoms with Crippen molar-refractivity contribution in [3.05, 3.63) is 65.2 Å². The zero-order valence-electron chi connectivity index (χ0n) is 13.1. The standard InChI is InChI=1S/C18H23NOS/c1-13-10-11-17(12-14(13)2)21(20)15(3)18(19-4)16-8-6-5-7-9-16/h5-12,15,18-19H,1-4H3. The van der Waals surface area contributed by atoms with Crippen LogP contribution >= 0.6 is 0 Å². The quantitative estimate of drug-likeness (QED) is 0.911. The highest BCUT2D eigenvalue weighted by atomic mass is 32.2. The molecule has 112 valence electrons. The van der Waals surface area contributed by atoms with Crippen LogP contribution in [-0.4, -0.2) is 16.5 Å². The lowest BCUT2D eigenvalue weighted by molar-refractivity contribution is 0.570. The monoisotopic (exact) mass is 301 g/mol. The minimum atomic E-state index is -1.04. The van der Waals surface area contributed by atoms with Crippen molar-refractivity contribution < 1.29 is 4.21 Å². The van der Waals surface area contributed by atoms with E-state index in [-0.39, 0.29) is 11.3 Å². The van der Waals surface area contributed by atoms with Crippen LogP contribution in [0.5, 0.6) is 0 Å². The van der Waals surface area contributed by atoms with E-state index >= 15 is 0 Å². The van der Waals surface area contributed by atoms with Crippen molar-refractivity contribution in [2.75, 3.05) is 7.05 Å². The molecule has 2 aromatic rings. The smallest absolute Gasteiger partial charge is 0.0577 e. The molecule has 0 heterocycles. The largest absolute Gasteiger partial charge is 0.312 e. The SMILES string of the molecule is CNC(c1ccccc1)C(C)S(=O)c1ccc(C)c(C)c1. The van der Waals surface area contributed by atoms with Crippen LogP contribution in [0.3, 0.4) is 0 Å². The van der Waals surface area contributed by atoms with E-state index in [1.54, 1.807) is 0 Å². The van der Waals surface area contributed by atoms with Crippen molar-refractivity contribution in [2.24, 2.45) is 0 Å². The van der Waals surface area contributed by atoms with Crippen LogP contribution in [-0.2, 0) is 10.8 Å². The molecule has 2 rings (SSSR count). The average molecular weight is 301 g/mol. The molecule has 0 aliphatic heterocycles. The molecule has 2 nitrogen and oxygen atoms in total. The summed E-state index contributed by atoms with van der Waals surface area (Å²) in [4.78, 5) is 0.904. The summed E-state index contributed by atoms with van der Waals surface area (Å²) in [6, 6.07) is 16.3. The van der Waals surface area contributed by atoms with Gasteiger partial charge in [0.15, 0.2) is 0 Å². The van der Waals surface area contributed by atoms with Crippen LogP contribution in [0.15, 0.2) is 53.4 Å². The maximum absolute atomic E-state index is 12.9. The van der Waals surface area contributed by atoms with Crippen molar-refractivity contribution in [2.45, 2.75) is 37.0 Å². The number of rotatable bonds is 5. The predicted octanol–water partition coefficient (Wildman–Crippen LogP) is 3.76. The molecule has 21 heavy (non-hydrogen) atoms. The molecule has 0 saturated carbocycles. The van der Waals surface area contributed by atoms with Gasteiger partial charge in [-0.2, -0.15) is 0 Å². The van der Waals surface area contributed by atoms with Crippen LogP contribution in [0, 0.1) is 13.8 Å². The van der Waals surface area contributed by atoms with Crippen LogP contribution < -0.4 is 5.32 Å². The minimum absolute atomic E-state index is 0.000457. The molecular formula is C18H23NOS. The van der Waals surface area contributed by atoms with Gasteiger partial charge in [-0.1, -0.05) is 36.4 Å². The summed E-state index contributed by atoms with van der Waals surface area (Å²) in [5, 5.41) is 3.30. The van der Waals surface area contributed by atoms with Gasteiger partial charge in [0.25, 0.3) is 0 Å². The maximum Gasteiger partial charge on any atom is 0.0577 e. The molecule has 3 heteroatoms. The van der Waals surface area contributed by atoms with Gasteiger partial charge in [-0.15, -0.1) is 0 Å². The molecule has 2 aromatic carbocycles.